The van der Waals surface area contributed by atoms with Crippen molar-refractivity contribution in [3.8, 4) is 6.07 Å². The first-order chi connectivity index (χ1) is 12.2. The molecule has 0 unspecified atom stereocenters. The van der Waals surface area contributed by atoms with Crippen LogP contribution in [0.25, 0.3) is 0 Å². The van der Waals surface area contributed by atoms with Gasteiger partial charge in [-0.15, -0.1) is 0 Å². The first-order valence-electron chi connectivity index (χ1n) is 8.30. The molecule has 7 heteroatoms. The fourth-order valence-electron chi connectivity index (χ4n) is 2.04. The van der Waals surface area contributed by atoms with Crippen LogP contribution in [-0.4, -0.2) is 29.5 Å². The van der Waals surface area contributed by atoms with E-state index in [-0.39, 0.29) is 25.9 Å². The van der Waals surface area contributed by atoms with Gasteiger partial charge in [0.2, 0.25) is 0 Å². The predicted octanol–water partition coefficient (Wildman–Crippen LogP) is 2.89. The maximum atomic E-state index is 12.0. The molecule has 0 fully saturated rings. The van der Waals surface area contributed by atoms with Gasteiger partial charge in [0.25, 0.3) is 0 Å². The maximum absolute atomic E-state index is 12.0. The van der Waals surface area contributed by atoms with E-state index in [0.29, 0.717) is 0 Å². The lowest BCUT2D eigenvalue weighted by atomic mass is 10.1. The third-order valence-corrected chi connectivity index (χ3v) is 3.21. The van der Waals surface area contributed by atoms with Crippen molar-refractivity contribution in [2.24, 2.45) is 0 Å². The van der Waals surface area contributed by atoms with E-state index in [1.54, 1.807) is 26.8 Å². The molecule has 0 bridgehead atoms. The van der Waals surface area contributed by atoms with E-state index in [1.807, 2.05) is 30.3 Å². The van der Waals surface area contributed by atoms with Crippen LogP contribution in [0.1, 0.15) is 45.6 Å². The molecular weight excluding hydrogens is 336 g/mol. The first-order valence-corrected chi connectivity index (χ1v) is 8.30. The van der Waals surface area contributed by atoms with Gasteiger partial charge in [-0.2, -0.15) is 5.26 Å². The number of esters is 1. The molecule has 1 aromatic rings. The third-order valence-electron chi connectivity index (χ3n) is 3.21. The highest BCUT2D eigenvalue weighted by Gasteiger charge is 2.25. The number of nitriles is 1. The van der Waals surface area contributed by atoms with E-state index in [0.717, 1.165) is 5.56 Å². The van der Waals surface area contributed by atoms with Crippen molar-refractivity contribution in [3.63, 3.8) is 0 Å². The largest absolute Gasteiger partial charge is 0.461 e. The van der Waals surface area contributed by atoms with Crippen molar-refractivity contribution in [3.05, 3.63) is 35.9 Å². The molecule has 0 aliphatic rings. The normalized spacial score (nSPS) is 11.8. The molecule has 1 aromatic carbocycles. The van der Waals surface area contributed by atoms with Crippen molar-refractivity contribution in [2.45, 2.75) is 58.3 Å². The number of hydrogen-bond acceptors (Lipinski definition) is 6. The molecule has 0 radical (unpaired) electrons. The summed E-state index contributed by atoms with van der Waals surface area (Å²) in [6.45, 7) is 5.22. The number of Topliss-reactive ketones (excluding diaryl/α,β-unsaturated/α-hetero) is 1. The zero-order valence-electron chi connectivity index (χ0n) is 15.3. The number of rotatable bonds is 8. The minimum atomic E-state index is -0.978. The summed E-state index contributed by atoms with van der Waals surface area (Å²) in [6, 6.07) is 9.96. The molecule has 7 nitrogen and oxygen atoms in total. The number of ketones is 1. The lowest BCUT2D eigenvalue weighted by Crippen LogP contribution is -2.43. The molecule has 1 atom stereocenters. The second-order valence-corrected chi connectivity index (χ2v) is 6.68. The molecule has 0 heterocycles. The number of ether oxygens (including phenoxy) is 2. The van der Waals surface area contributed by atoms with E-state index in [1.165, 1.54) is 0 Å². The number of carbonyl (C=O) groups excluding carboxylic acids is 3. The Morgan fingerprint density at radius 3 is 2.42 bits per heavy atom. The molecule has 26 heavy (non-hydrogen) atoms. The van der Waals surface area contributed by atoms with Crippen LogP contribution in [0.5, 0.6) is 0 Å². The Morgan fingerprint density at radius 2 is 1.85 bits per heavy atom. The van der Waals surface area contributed by atoms with E-state index >= 15 is 0 Å². The quantitative estimate of drug-likeness (QED) is 0.715. The Hall–Kier alpha value is -2.88. The molecule has 140 valence electrons. The maximum Gasteiger partial charge on any atom is 0.408 e. The summed E-state index contributed by atoms with van der Waals surface area (Å²) >= 11 is 0. The second-order valence-electron chi connectivity index (χ2n) is 6.68. The van der Waals surface area contributed by atoms with Gasteiger partial charge in [-0.25, -0.2) is 4.79 Å². The van der Waals surface area contributed by atoms with Crippen LogP contribution in [0.15, 0.2) is 30.3 Å². The Labute approximate surface area is 153 Å². The lowest BCUT2D eigenvalue weighted by molar-refractivity contribution is -0.145. The van der Waals surface area contributed by atoms with Crippen LogP contribution in [0.4, 0.5) is 4.79 Å². The van der Waals surface area contributed by atoms with Gasteiger partial charge in [-0.1, -0.05) is 30.3 Å². The van der Waals surface area contributed by atoms with Gasteiger partial charge in [0, 0.05) is 6.42 Å². The van der Waals surface area contributed by atoms with E-state index in [9.17, 15) is 14.4 Å². The summed E-state index contributed by atoms with van der Waals surface area (Å²) in [5, 5.41) is 11.1. The Bertz CT molecular complexity index is 659. The van der Waals surface area contributed by atoms with Gasteiger partial charge in [0.15, 0.2) is 5.78 Å². The third kappa shape index (κ3) is 8.83. The molecular formula is C19H24N2O5. The molecule has 0 saturated heterocycles. The van der Waals surface area contributed by atoms with Crippen molar-refractivity contribution in [1.29, 1.82) is 5.26 Å². The fourth-order valence-corrected chi connectivity index (χ4v) is 2.04. The number of carbonyl (C=O) groups is 3. The van der Waals surface area contributed by atoms with Gasteiger partial charge < -0.3 is 14.8 Å². The number of nitrogens with one attached hydrogen (secondary N) is 1. The highest BCUT2D eigenvalue weighted by molar-refractivity contribution is 5.89. The molecule has 1 rings (SSSR count). The van der Waals surface area contributed by atoms with E-state index in [4.69, 9.17) is 14.7 Å². The van der Waals surface area contributed by atoms with Crippen molar-refractivity contribution >= 4 is 17.8 Å². The monoisotopic (exact) mass is 360 g/mol. The minimum absolute atomic E-state index is 0.0351. The minimum Gasteiger partial charge on any atom is -0.461 e. The Kier molecular flexibility index (Phi) is 8.29. The lowest BCUT2D eigenvalue weighted by Gasteiger charge is -2.22. The van der Waals surface area contributed by atoms with Gasteiger partial charge in [0.05, 0.1) is 18.5 Å². The summed E-state index contributed by atoms with van der Waals surface area (Å²) in [5.74, 6) is -0.969. The average molecular weight is 360 g/mol. The van der Waals surface area contributed by atoms with Crippen molar-refractivity contribution in [2.75, 3.05) is 0 Å². The van der Waals surface area contributed by atoms with Crippen molar-refractivity contribution < 1.29 is 23.9 Å². The Balaban J connectivity index is 2.54. The molecule has 0 saturated carbocycles. The smallest absolute Gasteiger partial charge is 0.408 e. The molecule has 0 aromatic heterocycles. The van der Waals surface area contributed by atoms with Gasteiger partial charge in [-0.3, -0.25) is 9.59 Å². The highest BCUT2D eigenvalue weighted by Crippen LogP contribution is 2.10. The Morgan fingerprint density at radius 1 is 1.19 bits per heavy atom. The fraction of sp³-hybridized carbons (Fsp3) is 0.474. The summed E-state index contributed by atoms with van der Waals surface area (Å²) in [6.07, 6.45) is -1.16. The van der Waals surface area contributed by atoms with Crippen LogP contribution in [0.3, 0.4) is 0 Å². The summed E-state index contributed by atoms with van der Waals surface area (Å²) in [5.41, 5.74) is 0.131. The van der Waals surface area contributed by atoms with Crippen LogP contribution in [0, 0.1) is 11.3 Å². The predicted molar refractivity (Wildman–Crippen MR) is 93.9 cm³/mol. The van der Waals surface area contributed by atoms with Crippen molar-refractivity contribution in [1.82, 2.24) is 5.32 Å². The number of amides is 1. The molecule has 0 aliphatic heterocycles. The zero-order valence-corrected chi connectivity index (χ0v) is 15.3. The zero-order chi connectivity index (χ0) is 19.6. The topological polar surface area (TPSA) is 105 Å². The van der Waals surface area contributed by atoms with Crippen LogP contribution >= 0.6 is 0 Å². The molecule has 0 spiro atoms. The van der Waals surface area contributed by atoms with Gasteiger partial charge >= 0.3 is 12.1 Å². The molecule has 0 aliphatic carbocycles. The van der Waals surface area contributed by atoms with E-state index in [2.05, 4.69) is 5.32 Å². The highest BCUT2D eigenvalue weighted by atomic mass is 16.6. The van der Waals surface area contributed by atoms with Gasteiger partial charge in [0.1, 0.15) is 12.2 Å². The standard InChI is InChI=1S/C19H24N2O5/c1-19(2,3)26-18(24)21-15(16(22)11-12-20)9-10-17(23)25-13-14-7-5-4-6-8-14/h4-8,15H,9-11,13H2,1-3H3,(H,21,24)/t15-/m0/s1. The first kappa shape index (κ1) is 21.2. The summed E-state index contributed by atoms with van der Waals surface area (Å²) in [7, 11) is 0. The number of nitrogens with zero attached hydrogens (tertiary/aromatic N) is 1. The SMILES string of the molecule is CC(C)(C)OC(=O)N[C@@H](CCC(=O)OCc1ccccc1)C(=O)CC#N. The van der Waals surface area contributed by atoms with Crippen LogP contribution in [-0.2, 0) is 25.7 Å². The van der Waals surface area contributed by atoms with Gasteiger partial charge in [-0.05, 0) is 32.8 Å². The summed E-state index contributed by atoms with van der Waals surface area (Å²) < 4.78 is 10.3. The second kappa shape index (κ2) is 10.2. The van der Waals surface area contributed by atoms with E-state index < -0.39 is 29.5 Å². The number of alkyl carbamates (subject to hydrolysis) is 1. The van der Waals surface area contributed by atoms with Crippen LogP contribution in [0.2, 0.25) is 0 Å². The van der Waals surface area contributed by atoms with Crippen LogP contribution < -0.4 is 5.32 Å². The number of hydrogen-bond donors (Lipinski definition) is 1. The summed E-state index contributed by atoms with van der Waals surface area (Å²) in [4.78, 5) is 35.7. The number of benzene rings is 1. The molecule has 1 N–H and O–H groups in total. The molecule has 1 amide bonds. The average Bonchev–Trinajstić information content (AvgIpc) is 2.56.